The molecule has 6 aromatic rings. The van der Waals surface area contributed by atoms with E-state index >= 15 is 0 Å². The zero-order valence-electron chi connectivity index (χ0n) is 32.9. The number of phenols is 1. The van der Waals surface area contributed by atoms with Crippen LogP contribution in [0, 0.1) is 0 Å². The third kappa shape index (κ3) is 12.0. The van der Waals surface area contributed by atoms with Gasteiger partial charge in [0.1, 0.15) is 26.1 Å². The summed E-state index contributed by atoms with van der Waals surface area (Å²) in [5.74, 6) is -2.32. The molecule has 26 heteroatoms. The molecule has 20 nitrogen and oxygen atoms in total. The van der Waals surface area contributed by atoms with Crippen molar-refractivity contribution in [1.82, 2.24) is 0 Å². The molecule has 6 aromatic carbocycles. The molecule has 1 amide bonds. The number of nitrogens with two attached hydrogens (primary N) is 1. The van der Waals surface area contributed by atoms with E-state index in [1.807, 2.05) is 0 Å². The maximum atomic E-state index is 12.7. The first-order chi connectivity index (χ1) is 27.7. The molecule has 0 aromatic heterocycles. The molecule has 6 rings (SSSR count). The van der Waals surface area contributed by atoms with Crippen molar-refractivity contribution in [3.8, 4) is 5.75 Å². The summed E-state index contributed by atoms with van der Waals surface area (Å²) in [6, 6.07) is 21.7. The van der Waals surface area contributed by atoms with Crippen molar-refractivity contribution in [2.45, 2.75) is 27.7 Å². The molecule has 3 radical (unpaired) electrons. The Morgan fingerprint density at radius 3 is 1.66 bits per heavy atom. The molecule has 305 valence electrons. The second-order valence-corrected chi connectivity index (χ2v) is 16.5. The third-order valence-corrected chi connectivity index (χ3v) is 11.0. The molecular formula is C36H28N8Na3O12S3. The first-order valence-corrected chi connectivity index (χ1v) is 20.8. The van der Waals surface area contributed by atoms with E-state index in [1.54, 1.807) is 30.3 Å². The van der Waals surface area contributed by atoms with Gasteiger partial charge in [-0.15, -0.1) is 15.3 Å². The molecule has 0 aliphatic heterocycles. The molecule has 7 N–H and O–H groups in total. The number of ketones is 1. The Morgan fingerprint density at radius 1 is 0.613 bits per heavy atom. The van der Waals surface area contributed by atoms with Gasteiger partial charge in [-0.1, -0.05) is 42.5 Å². The van der Waals surface area contributed by atoms with Gasteiger partial charge < -0.3 is 16.2 Å². The summed E-state index contributed by atoms with van der Waals surface area (Å²) < 4.78 is 104. The molecule has 62 heavy (non-hydrogen) atoms. The minimum Gasteiger partial charge on any atom is -0.505 e. The Kier molecular flexibility index (Phi) is 17.9. The van der Waals surface area contributed by atoms with E-state index in [2.05, 4.69) is 36.0 Å². The summed E-state index contributed by atoms with van der Waals surface area (Å²) in [5, 5.41) is 36.7. The van der Waals surface area contributed by atoms with Crippen molar-refractivity contribution in [3.63, 3.8) is 0 Å². The van der Waals surface area contributed by atoms with Crippen molar-refractivity contribution in [2.24, 2.45) is 30.7 Å². The number of nitrogen functional groups attached to an aromatic ring is 1. The summed E-state index contributed by atoms with van der Waals surface area (Å²) in [6.07, 6.45) is 0. The number of benzene rings is 6. The number of phenolic OH excluding ortho intramolecular Hbond substituents is 1. The number of Topliss-reactive ketones (excluding diaryl/α,β-unsaturated/α-hetero) is 1. The van der Waals surface area contributed by atoms with Gasteiger partial charge in [0.05, 0.1) is 28.1 Å². The van der Waals surface area contributed by atoms with E-state index in [1.165, 1.54) is 55.5 Å². The van der Waals surface area contributed by atoms with E-state index in [4.69, 9.17) is 5.73 Å². The van der Waals surface area contributed by atoms with E-state index in [0.29, 0.717) is 11.8 Å². The van der Waals surface area contributed by atoms with Crippen LogP contribution >= 0.6 is 0 Å². The average molecular weight is 930 g/mol. The Morgan fingerprint density at radius 2 is 1.11 bits per heavy atom. The van der Waals surface area contributed by atoms with Crippen LogP contribution in [0.5, 0.6) is 5.75 Å². The predicted molar refractivity (Wildman–Crippen MR) is 230 cm³/mol. The van der Waals surface area contributed by atoms with Crippen molar-refractivity contribution in [1.29, 1.82) is 0 Å². The number of para-hydroxylation sites is 1. The van der Waals surface area contributed by atoms with Gasteiger partial charge in [-0.2, -0.15) is 40.6 Å². The normalized spacial score (nSPS) is 12.5. The first kappa shape index (κ1) is 52.5. The Labute approximate surface area is 419 Å². The monoisotopic (exact) mass is 929 g/mol. The number of carbonyl (C=O) groups excluding carboxylic acids is 2. The van der Waals surface area contributed by atoms with Crippen LogP contribution in [0.3, 0.4) is 0 Å². The average Bonchev–Trinajstić information content (AvgIpc) is 3.16. The van der Waals surface area contributed by atoms with Crippen LogP contribution in [0.15, 0.2) is 149 Å². The number of azo groups is 3. The zero-order valence-corrected chi connectivity index (χ0v) is 41.4. The van der Waals surface area contributed by atoms with Crippen molar-refractivity contribution in [2.75, 3.05) is 11.1 Å². The standard InChI is InChI=1S/C36H28N8O12S3.3Na/c1-19(45)32(36(47)38-21-7-3-2-4-8-21)42-39-22-11-13-23(14-12-22)40-43-33-28(58(51,52)53)17-20-18-29(59(54,55)56)34(35(46)30(20)31(33)37)44-41-26-15-16-27(57(48,49)50)25-10-6-5-9-24(25)26;;;/h2-18,32,46H,37H2,1H3,(H,38,47)(H,48,49,50)(H,51,52,53)(H,54,55,56);;;. The van der Waals surface area contributed by atoms with Crippen LogP contribution in [-0.4, -0.2) is 150 Å². The fraction of sp³-hybridized carbons (Fsp3) is 0.0556. The third-order valence-electron chi connectivity index (χ3n) is 8.35. The molecule has 0 saturated heterocycles. The number of hydrogen-bond acceptors (Lipinski definition) is 16. The second kappa shape index (κ2) is 21.2. The van der Waals surface area contributed by atoms with Gasteiger partial charge in [0.25, 0.3) is 36.3 Å². The molecule has 0 bridgehead atoms. The number of amides is 1. The summed E-state index contributed by atoms with van der Waals surface area (Å²) in [4.78, 5) is 22.3. The number of carbonyl (C=O) groups is 2. The molecule has 0 aliphatic carbocycles. The Hall–Kier alpha value is -3.89. The molecule has 0 fully saturated rings. The summed E-state index contributed by atoms with van der Waals surface area (Å²) in [6.45, 7) is 1.17. The van der Waals surface area contributed by atoms with Crippen LogP contribution in [-0.2, 0) is 39.9 Å². The summed E-state index contributed by atoms with van der Waals surface area (Å²) in [7, 11) is -15.1. The Balaban J connectivity index is 0.00000341. The van der Waals surface area contributed by atoms with Gasteiger partial charge in [0.2, 0.25) is 6.04 Å². The number of anilines is 2. The maximum absolute atomic E-state index is 12.7. The van der Waals surface area contributed by atoms with E-state index in [9.17, 15) is 53.6 Å². The van der Waals surface area contributed by atoms with Crippen molar-refractivity contribution >= 4 is 192 Å². The van der Waals surface area contributed by atoms with Crippen LogP contribution in [0.4, 0.5) is 39.8 Å². The first-order valence-electron chi connectivity index (χ1n) is 16.5. The molecule has 1 atom stereocenters. The number of nitrogens with zero attached hydrogens (tertiary/aromatic N) is 6. The SMILES string of the molecule is CC(=O)C(N=Nc1ccc(N=Nc2c(S(=O)(=O)O)cc3cc(S(=O)(=O)O)c(N=Nc4ccc(S(=O)(=O)O)c5ccccc45)c(O)c3c2N)cc1)C(=O)Nc1ccccc1.[Na].[Na].[Na]. The van der Waals surface area contributed by atoms with Gasteiger partial charge in [0, 0.05) is 105 Å². The number of nitrogens with one attached hydrogen (secondary N) is 1. The van der Waals surface area contributed by atoms with Crippen LogP contribution in [0.1, 0.15) is 6.92 Å². The topological polar surface area (TPSA) is 330 Å². The van der Waals surface area contributed by atoms with Gasteiger partial charge in [-0.25, -0.2) is 0 Å². The van der Waals surface area contributed by atoms with Crippen LogP contribution < -0.4 is 11.1 Å². The summed E-state index contributed by atoms with van der Waals surface area (Å²) in [5.41, 5.74) is 4.67. The minimum absolute atomic E-state index is 0. The number of fused-ring (bicyclic) bond motifs is 2. The van der Waals surface area contributed by atoms with E-state index in [-0.39, 0.29) is 117 Å². The zero-order chi connectivity index (χ0) is 42.9. The van der Waals surface area contributed by atoms with E-state index < -0.39 is 96.4 Å². The number of rotatable bonds is 12. The van der Waals surface area contributed by atoms with Crippen LogP contribution in [0.2, 0.25) is 0 Å². The molecular weight excluding hydrogens is 902 g/mol. The predicted octanol–water partition coefficient (Wildman–Crippen LogP) is 6.39. The molecule has 0 aliphatic rings. The quantitative estimate of drug-likeness (QED) is 0.0255. The number of hydrogen-bond donors (Lipinski definition) is 6. The van der Waals surface area contributed by atoms with Gasteiger partial charge in [-0.05, 0) is 73.0 Å². The van der Waals surface area contributed by atoms with Gasteiger partial charge in [-0.3, -0.25) is 23.2 Å². The fourth-order valence-corrected chi connectivity index (χ4v) is 7.67. The number of aromatic hydroxyl groups is 1. The molecule has 1 unspecified atom stereocenters. The smallest absolute Gasteiger partial charge is 0.296 e. The summed E-state index contributed by atoms with van der Waals surface area (Å²) >= 11 is 0. The maximum Gasteiger partial charge on any atom is 0.296 e. The fourth-order valence-electron chi connectivity index (χ4n) is 5.64. The van der Waals surface area contributed by atoms with Crippen molar-refractivity contribution in [3.05, 3.63) is 103 Å². The Bertz CT molecular complexity index is 3140. The van der Waals surface area contributed by atoms with Gasteiger partial charge >= 0.3 is 0 Å². The van der Waals surface area contributed by atoms with E-state index in [0.717, 1.165) is 18.2 Å². The molecule has 0 spiro atoms. The minimum atomic E-state index is -5.24. The molecule has 0 saturated carbocycles. The van der Waals surface area contributed by atoms with Gasteiger partial charge in [0.15, 0.2) is 11.5 Å². The molecule has 0 heterocycles. The van der Waals surface area contributed by atoms with Crippen molar-refractivity contribution < 1.29 is 53.6 Å². The van der Waals surface area contributed by atoms with Crippen LogP contribution in [0.25, 0.3) is 21.5 Å². The second-order valence-electron chi connectivity index (χ2n) is 12.4. The largest absolute Gasteiger partial charge is 0.505 e.